The molecule has 1 heterocycles. The molecule has 2 rings (SSSR count). The van der Waals surface area contributed by atoms with Gasteiger partial charge in [-0.3, -0.25) is 4.89 Å². The Bertz CT molecular complexity index is 377. The van der Waals surface area contributed by atoms with E-state index in [-0.39, 0.29) is 5.56 Å². The van der Waals surface area contributed by atoms with Crippen LogP contribution < -0.4 is 5.46 Å². The second-order valence-electron chi connectivity index (χ2n) is 3.35. The van der Waals surface area contributed by atoms with Crippen molar-refractivity contribution >= 4 is 18.3 Å². The molecule has 0 unspecified atom stereocenters. The van der Waals surface area contributed by atoms with Crippen LogP contribution >= 0.6 is 0 Å². The first-order chi connectivity index (χ1) is 6.72. The van der Waals surface area contributed by atoms with Crippen LogP contribution in [0.3, 0.4) is 0 Å². The van der Waals surface area contributed by atoms with E-state index in [1.807, 2.05) is 0 Å². The molecule has 0 atom stereocenters. The summed E-state index contributed by atoms with van der Waals surface area (Å²) in [6.45, 7) is -0.503. The summed E-state index contributed by atoms with van der Waals surface area (Å²) < 4.78 is 0. The molecule has 4 nitrogen and oxygen atoms in total. The molecule has 0 radical (unpaired) electrons. The minimum atomic E-state index is -0.799. The highest BCUT2D eigenvalue weighted by molar-refractivity contribution is 6.68. The predicted molar refractivity (Wildman–Crippen MR) is 50.6 cm³/mol. The van der Waals surface area contributed by atoms with Crippen molar-refractivity contribution < 1.29 is 20.0 Å². The van der Waals surface area contributed by atoms with Crippen LogP contribution in [0.2, 0.25) is 6.32 Å². The summed E-state index contributed by atoms with van der Waals surface area (Å²) in [5.74, 6) is -0.799. The van der Waals surface area contributed by atoms with Gasteiger partial charge in [-0.2, -0.15) is 5.26 Å². The van der Waals surface area contributed by atoms with Gasteiger partial charge in [-0.05, 0) is 24.3 Å². The first kappa shape index (κ1) is 9.24. The first-order valence-electron chi connectivity index (χ1n) is 4.39. The Labute approximate surface area is 81.2 Å². The van der Waals surface area contributed by atoms with Crippen LogP contribution in [-0.2, 0) is 11.3 Å². The Balaban J connectivity index is 2.39. The van der Waals surface area contributed by atoms with Gasteiger partial charge in [0.15, 0.2) is 0 Å². The first-order valence-corrected chi connectivity index (χ1v) is 4.39. The Kier molecular flexibility index (Phi) is 2.27. The molecule has 2 N–H and O–H groups in total. The minimum Gasteiger partial charge on any atom is -0.446 e. The van der Waals surface area contributed by atoms with Crippen molar-refractivity contribution in [2.75, 3.05) is 0 Å². The molecule has 0 bridgehead atoms. The lowest BCUT2D eigenvalue weighted by Gasteiger charge is -2.02. The second kappa shape index (κ2) is 3.44. The van der Waals surface area contributed by atoms with E-state index in [9.17, 15) is 9.82 Å². The zero-order valence-electron chi connectivity index (χ0n) is 7.43. The van der Waals surface area contributed by atoms with Crippen molar-refractivity contribution in [2.24, 2.45) is 0 Å². The number of carbonyl (C=O) groups excluding carboxylic acids is 1. The highest BCUT2D eigenvalue weighted by Gasteiger charge is 2.25. The lowest BCUT2D eigenvalue weighted by Crippen LogP contribution is -2.26. The summed E-state index contributed by atoms with van der Waals surface area (Å²) in [6, 6.07) is 4.92. The van der Waals surface area contributed by atoms with E-state index < -0.39 is 12.9 Å². The van der Waals surface area contributed by atoms with E-state index >= 15 is 0 Å². The quantitative estimate of drug-likeness (QED) is 0.375. The summed E-state index contributed by atoms with van der Waals surface area (Å²) in [5, 5.41) is 17.7. The molecule has 0 spiro atoms. The van der Waals surface area contributed by atoms with Gasteiger partial charge in [-0.25, -0.2) is 4.79 Å². The third-order valence-electron chi connectivity index (χ3n) is 2.51. The van der Waals surface area contributed by atoms with Crippen LogP contribution in [-0.4, -0.2) is 23.2 Å². The fraction of sp³-hybridized carbons (Fsp3) is 0.222. The molecule has 0 saturated heterocycles. The maximum Gasteiger partial charge on any atom is 0.372 e. The lowest BCUT2D eigenvalue weighted by atomic mass is 9.63. The SMILES string of the molecule is O=C(OO)c1ccc2c(c1)B(O)CC2. The molecule has 5 heteroatoms. The van der Waals surface area contributed by atoms with Crippen LogP contribution in [0, 0.1) is 0 Å². The molecule has 0 aromatic heterocycles. The highest BCUT2D eigenvalue weighted by atomic mass is 17.1. The molecule has 0 aliphatic carbocycles. The molecule has 1 aliphatic heterocycles. The van der Waals surface area contributed by atoms with Crippen molar-refractivity contribution in [1.29, 1.82) is 0 Å². The van der Waals surface area contributed by atoms with Crippen molar-refractivity contribution in [3.8, 4) is 0 Å². The molecule has 72 valence electrons. The molecular formula is C9H9BO4. The molecule has 0 amide bonds. The summed E-state index contributed by atoms with van der Waals surface area (Å²) in [4.78, 5) is 14.6. The van der Waals surface area contributed by atoms with Gasteiger partial charge in [-0.1, -0.05) is 17.7 Å². The Hall–Kier alpha value is -1.33. The average Bonchev–Trinajstić information content (AvgIpc) is 2.59. The van der Waals surface area contributed by atoms with Gasteiger partial charge in [0, 0.05) is 0 Å². The third kappa shape index (κ3) is 1.40. The van der Waals surface area contributed by atoms with Crippen LogP contribution in [0.4, 0.5) is 0 Å². The summed E-state index contributed by atoms with van der Waals surface area (Å²) in [7, 11) is 0. The summed E-state index contributed by atoms with van der Waals surface area (Å²) >= 11 is 0. The maximum atomic E-state index is 11.0. The average molecular weight is 192 g/mol. The van der Waals surface area contributed by atoms with Gasteiger partial charge in [-0.15, -0.1) is 0 Å². The van der Waals surface area contributed by atoms with E-state index in [4.69, 9.17) is 5.26 Å². The van der Waals surface area contributed by atoms with Gasteiger partial charge in [0.1, 0.15) is 0 Å². The lowest BCUT2D eigenvalue weighted by molar-refractivity contribution is -0.182. The van der Waals surface area contributed by atoms with Crippen molar-refractivity contribution in [1.82, 2.24) is 0 Å². The molecule has 0 fully saturated rings. The smallest absolute Gasteiger partial charge is 0.372 e. The fourth-order valence-corrected chi connectivity index (χ4v) is 1.76. The van der Waals surface area contributed by atoms with Crippen LogP contribution in [0.1, 0.15) is 15.9 Å². The summed E-state index contributed by atoms with van der Waals surface area (Å²) in [5.41, 5.74) is 2.06. The van der Waals surface area contributed by atoms with E-state index in [0.29, 0.717) is 6.32 Å². The van der Waals surface area contributed by atoms with Crippen molar-refractivity contribution in [3.63, 3.8) is 0 Å². The molecule has 1 aliphatic rings. The number of carbonyl (C=O) groups is 1. The third-order valence-corrected chi connectivity index (χ3v) is 2.51. The monoisotopic (exact) mass is 192 g/mol. The predicted octanol–water partition coefficient (Wildman–Crippen LogP) is 0.0633. The van der Waals surface area contributed by atoms with Crippen molar-refractivity contribution in [2.45, 2.75) is 12.7 Å². The number of benzene rings is 1. The second-order valence-corrected chi connectivity index (χ2v) is 3.35. The van der Waals surface area contributed by atoms with Gasteiger partial charge in [0.25, 0.3) is 0 Å². The van der Waals surface area contributed by atoms with E-state index in [1.54, 1.807) is 18.2 Å². The van der Waals surface area contributed by atoms with E-state index in [1.165, 1.54) is 0 Å². The number of aryl methyl sites for hydroxylation is 1. The van der Waals surface area contributed by atoms with Gasteiger partial charge in [0.2, 0.25) is 0 Å². The highest BCUT2D eigenvalue weighted by Crippen LogP contribution is 2.14. The minimum absolute atomic E-state index is 0.257. The number of hydrogen-bond acceptors (Lipinski definition) is 4. The van der Waals surface area contributed by atoms with E-state index in [0.717, 1.165) is 17.4 Å². The standard InChI is InChI=1S/C9H9BO4/c11-9(14-13)7-2-1-6-3-4-10(12)8(6)5-7/h1-2,5,12-13H,3-4H2. The normalized spacial score (nSPS) is 14.0. The summed E-state index contributed by atoms with van der Waals surface area (Å²) in [6.07, 6.45) is 1.51. The zero-order chi connectivity index (χ0) is 10.1. The molecule has 1 aromatic rings. The topological polar surface area (TPSA) is 66.8 Å². The van der Waals surface area contributed by atoms with Gasteiger partial charge < -0.3 is 5.02 Å². The van der Waals surface area contributed by atoms with Gasteiger partial charge >= 0.3 is 12.9 Å². The number of fused-ring (bicyclic) bond motifs is 1. The van der Waals surface area contributed by atoms with Crippen LogP contribution in [0.5, 0.6) is 0 Å². The Morgan fingerprint density at radius 1 is 1.50 bits per heavy atom. The number of rotatable bonds is 1. The number of hydrogen-bond donors (Lipinski definition) is 2. The Morgan fingerprint density at radius 3 is 3.00 bits per heavy atom. The van der Waals surface area contributed by atoms with E-state index in [2.05, 4.69) is 4.89 Å². The zero-order valence-corrected chi connectivity index (χ0v) is 7.43. The molecule has 1 aromatic carbocycles. The van der Waals surface area contributed by atoms with Crippen LogP contribution in [0.15, 0.2) is 18.2 Å². The fourth-order valence-electron chi connectivity index (χ4n) is 1.76. The largest absolute Gasteiger partial charge is 0.446 e. The van der Waals surface area contributed by atoms with Crippen molar-refractivity contribution in [3.05, 3.63) is 29.3 Å². The molecular weight excluding hydrogens is 183 g/mol. The Morgan fingerprint density at radius 2 is 2.29 bits per heavy atom. The van der Waals surface area contributed by atoms with Gasteiger partial charge in [0.05, 0.1) is 5.56 Å². The van der Waals surface area contributed by atoms with Crippen LogP contribution in [0.25, 0.3) is 0 Å². The maximum absolute atomic E-state index is 11.0. The molecule has 14 heavy (non-hydrogen) atoms. The molecule has 0 saturated carbocycles.